The van der Waals surface area contributed by atoms with E-state index in [0.29, 0.717) is 0 Å². The lowest BCUT2D eigenvalue weighted by Gasteiger charge is -2.35. The van der Waals surface area contributed by atoms with E-state index in [0.717, 1.165) is 16.9 Å². The summed E-state index contributed by atoms with van der Waals surface area (Å²) in [4.78, 5) is 0. The zero-order valence-electron chi connectivity index (χ0n) is 38.0. The molecule has 11 aromatic carbocycles. The van der Waals surface area contributed by atoms with Crippen LogP contribution < -0.4 is 20.7 Å². The number of rotatable bonds is 9. The van der Waals surface area contributed by atoms with E-state index in [1.165, 1.54) is 92.2 Å². The fraction of sp³-hybridized carbons (Fsp3) is 0. The molecule has 0 bridgehead atoms. The molecule has 0 atom stereocenters. The first-order chi connectivity index (χ1) is 34.3. The lowest BCUT2D eigenvalue weighted by atomic mass is 9.98. The first-order valence-corrected chi connectivity index (χ1v) is 25.8. The Morgan fingerprint density at radius 3 is 1.43 bits per heavy atom. The molecule has 0 aliphatic heterocycles. The molecule has 0 fully saturated rings. The highest BCUT2D eigenvalue weighted by atomic mass is 28.3. The van der Waals surface area contributed by atoms with E-state index >= 15 is 0 Å². The fourth-order valence-corrected chi connectivity index (χ4v) is 16.3. The van der Waals surface area contributed by atoms with Gasteiger partial charge in [0.15, 0.2) is 8.07 Å². The number of hydrogen-bond donors (Lipinski definition) is 0. The third-order valence-electron chi connectivity index (χ3n) is 14.3. The standard InChI is InChI=1S/C66H46N2Si/c1-5-22-47(23-6-1)49-26-19-28-51(44-49)56-34-13-16-37-60(56)68-61-38-17-14-35-57(61)58-43-42-52(46-64(58)68)67-62-39-18-15-36-59(62)66-63(67)40-21-41-65(66)69(53-29-9-3-10-30-53,54-31-11-4-12-32-54)55-33-20-27-50(45-55)48-24-7-2-8-25-48/h1-46H. The van der Waals surface area contributed by atoms with Crippen LogP contribution in [-0.4, -0.2) is 17.2 Å². The molecule has 0 amide bonds. The van der Waals surface area contributed by atoms with Crippen molar-refractivity contribution in [3.8, 4) is 44.8 Å². The highest BCUT2D eigenvalue weighted by Gasteiger charge is 2.43. The minimum Gasteiger partial charge on any atom is -0.309 e. The van der Waals surface area contributed by atoms with Gasteiger partial charge in [0.2, 0.25) is 0 Å². The van der Waals surface area contributed by atoms with Gasteiger partial charge in [0, 0.05) is 32.8 Å². The monoisotopic (exact) mass is 894 g/mol. The van der Waals surface area contributed by atoms with Gasteiger partial charge in [-0.05, 0) is 91.0 Å². The maximum absolute atomic E-state index is 3.03. The van der Waals surface area contributed by atoms with E-state index in [9.17, 15) is 0 Å². The molecule has 0 aliphatic carbocycles. The number of para-hydroxylation sites is 3. The molecule has 0 unspecified atom stereocenters. The molecule has 0 aliphatic rings. The molecule has 3 heteroatoms. The van der Waals surface area contributed by atoms with E-state index in [2.05, 4.69) is 288 Å². The predicted molar refractivity (Wildman–Crippen MR) is 295 cm³/mol. The molecule has 2 nitrogen and oxygen atoms in total. The van der Waals surface area contributed by atoms with Gasteiger partial charge in [0.1, 0.15) is 0 Å². The van der Waals surface area contributed by atoms with Crippen molar-refractivity contribution < 1.29 is 0 Å². The van der Waals surface area contributed by atoms with Crippen molar-refractivity contribution in [1.82, 2.24) is 9.13 Å². The van der Waals surface area contributed by atoms with E-state index in [-0.39, 0.29) is 0 Å². The van der Waals surface area contributed by atoms with Crippen LogP contribution in [-0.2, 0) is 0 Å². The molecule has 0 radical (unpaired) electrons. The summed E-state index contributed by atoms with van der Waals surface area (Å²) >= 11 is 0. The number of fused-ring (bicyclic) bond motifs is 6. The van der Waals surface area contributed by atoms with Crippen molar-refractivity contribution in [2.75, 3.05) is 0 Å². The van der Waals surface area contributed by atoms with Crippen molar-refractivity contribution >= 4 is 72.4 Å². The van der Waals surface area contributed by atoms with Crippen LogP contribution in [0.1, 0.15) is 0 Å². The van der Waals surface area contributed by atoms with Crippen molar-refractivity contribution in [2.24, 2.45) is 0 Å². The summed E-state index contributed by atoms with van der Waals surface area (Å²) in [5.74, 6) is 0. The maximum atomic E-state index is 2.51. The number of hydrogen-bond acceptors (Lipinski definition) is 0. The Kier molecular flexibility index (Phi) is 9.88. The zero-order valence-corrected chi connectivity index (χ0v) is 39.0. The lowest BCUT2D eigenvalue weighted by molar-refractivity contribution is 1.16. The van der Waals surface area contributed by atoms with E-state index < -0.39 is 8.07 Å². The molecule has 2 aromatic heterocycles. The third kappa shape index (κ3) is 6.62. The average molecular weight is 895 g/mol. The Balaban J connectivity index is 1.08. The van der Waals surface area contributed by atoms with Crippen LogP contribution in [0, 0.1) is 0 Å². The summed E-state index contributed by atoms with van der Waals surface area (Å²) in [5.41, 5.74) is 14.2. The van der Waals surface area contributed by atoms with Crippen LogP contribution in [0.5, 0.6) is 0 Å². The maximum Gasteiger partial charge on any atom is 0.180 e. The Hall–Kier alpha value is -8.76. The second-order valence-electron chi connectivity index (χ2n) is 18.0. The normalized spacial score (nSPS) is 11.8. The molecular weight excluding hydrogens is 849 g/mol. The topological polar surface area (TPSA) is 9.86 Å². The van der Waals surface area contributed by atoms with Crippen LogP contribution >= 0.6 is 0 Å². The van der Waals surface area contributed by atoms with Gasteiger partial charge in [0.05, 0.1) is 27.8 Å². The second-order valence-corrected chi connectivity index (χ2v) is 21.8. The fourth-order valence-electron chi connectivity index (χ4n) is 11.3. The smallest absolute Gasteiger partial charge is 0.180 e. The van der Waals surface area contributed by atoms with Crippen LogP contribution in [0.3, 0.4) is 0 Å². The molecule has 13 aromatic rings. The molecule has 0 saturated heterocycles. The molecule has 0 spiro atoms. The summed E-state index contributed by atoms with van der Waals surface area (Å²) in [6.07, 6.45) is 0. The number of benzene rings is 11. The number of nitrogens with zero attached hydrogens (tertiary/aromatic N) is 2. The molecule has 324 valence electrons. The first-order valence-electron chi connectivity index (χ1n) is 23.8. The molecule has 2 heterocycles. The van der Waals surface area contributed by atoms with Crippen LogP contribution in [0.4, 0.5) is 0 Å². The van der Waals surface area contributed by atoms with Crippen LogP contribution in [0.25, 0.3) is 88.4 Å². The zero-order chi connectivity index (χ0) is 45.7. The minimum atomic E-state index is -3.03. The quantitative estimate of drug-likeness (QED) is 0.101. The Labute approximate surface area is 403 Å². The van der Waals surface area contributed by atoms with Crippen molar-refractivity contribution in [3.63, 3.8) is 0 Å². The van der Waals surface area contributed by atoms with E-state index in [1.807, 2.05) is 0 Å². The number of aromatic nitrogens is 2. The lowest BCUT2D eigenvalue weighted by Crippen LogP contribution is -2.74. The summed E-state index contributed by atoms with van der Waals surface area (Å²) in [5, 5.41) is 10.4. The summed E-state index contributed by atoms with van der Waals surface area (Å²) < 4.78 is 5.00. The molecule has 69 heavy (non-hydrogen) atoms. The average Bonchev–Trinajstić information content (AvgIpc) is 3.95. The van der Waals surface area contributed by atoms with Gasteiger partial charge in [-0.2, -0.15) is 0 Å². The van der Waals surface area contributed by atoms with Crippen LogP contribution in [0.2, 0.25) is 0 Å². The second kappa shape index (κ2) is 16.8. The predicted octanol–water partition coefficient (Wildman–Crippen LogP) is 14.3. The molecule has 0 N–H and O–H groups in total. The SMILES string of the molecule is c1ccc(-c2cccc(-c3ccccc3-n3c4ccccc4c4ccc(-n5c6ccccc6c6c([Si](c7ccccc7)(c7ccccc7)c7cccc(-c8ccccc8)c7)cccc65)cc43)c2)cc1. The summed E-state index contributed by atoms with van der Waals surface area (Å²) in [7, 11) is -3.03. The van der Waals surface area contributed by atoms with E-state index in [1.54, 1.807) is 0 Å². The van der Waals surface area contributed by atoms with Crippen molar-refractivity contribution in [1.29, 1.82) is 0 Å². The van der Waals surface area contributed by atoms with Crippen molar-refractivity contribution in [2.45, 2.75) is 0 Å². The summed E-state index contributed by atoms with van der Waals surface area (Å²) in [6.45, 7) is 0. The van der Waals surface area contributed by atoms with Gasteiger partial charge < -0.3 is 9.13 Å². The third-order valence-corrected chi connectivity index (χ3v) is 19.1. The summed E-state index contributed by atoms with van der Waals surface area (Å²) in [6, 6.07) is 103. The van der Waals surface area contributed by atoms with Crippen molar-refractivity contribution in [3.05, 3.63) is 279 Å². The van der Waals surface area contributed by atoms with Gasteiger partial charge in [-0.25, -0.2) is 0 Å². The first kappa shape index (κ1) is 40.5. The highest BCUT2D eigenvalue weighted by molar-refractivity contribution is 7.20. The highest BCUT2D eigenvalue weighted by Crippen LogP contribution is 2.40. The van der Waals surface area contributed by atoms with E-state index in [4.69, 9.17) is 0 Å². The van der Waals surface area contributed by atoms with Gasteiger partial charge in [-0.1, -0.05) is 237 Å². The largest absolute Gasteiger partial charge is 0.309 e. The van der Waals surface area contributed by atoms with Crippen LogP contribution in [0.15, 0.2) is 279 Å². The Morgan fingerprint density at radius 1 is 0.261 bits per heavy atom. The van der Waals surface area contributed by atoms with Gasteiger partial charge in [-0.3, -0.25) is 0 Å². The van der Waals surface area contributed by atoms with Gasteiger partial charge in [-0.15, -0.1) is 0 Å². The van der Waals surface area contributed by atoms with Gasteiger partial charge >= 0.3 is 0 Å². The van der Waals surface area contributed by atoms with Gasteiger partial charge in [0.25, 0.3) is 0 Å². The Bertz CT molecular complexity index is 3960. The Morgan fingerprint density at radius 2 is 0.739 bits per heavy atom. The molecule has 13 rings (SSSR count). The molecule has 0 saturated carbocycles. The minimum absolute atomic E-state index is 1.12. The molecular formula is C66H46N2Si.